The smallest absolute Gasteiger partial charge is 0.219 e. The summed E-state index contributed by atoms with van der Waals surface area (Å²) in [7, 11) is 0. The van der Waals surface area contributed by atoms with Crippen LogP contribution in [-0.2, 0) is 0 Å². The van der Waals surface area contributed by atoms with Gasteiger partial charge >= 0.3 is 0 Å². The van der Waals surface area contributed by atoms with E-state index in [2.05, 4.69) is 17.1 Å². The maximum Gasteiger partial charge on any atom is 0.219 e. The molecule has 1 unspecified atom stereocenters. The summed E-state index contributed by atoms with van der Waals surface area (Å²) in [5, 5.41) is 1.06. The molecule has 3 heteroatoms. The molecule has 2 aromatic carbocycles. The number of hydrogen-bond acceptors (Lipinski definition) is 3. The largest absolute Gasteiger partial charge is 0.439 e. The van der Waals surface area contributed by atoms with Gasteiger partial charge < -0.3 is 10.5 Å². The molecule has 3 nitrogen and oxygen atoms in total. The zero-order valence-electron chi connectivity index (χ0n) is 11.2. The lowest BCUT2D eigenvalue weighted by atomic mass is 10.1. The van der Waals surface area contributed by atoms with Crippen LogP contribution in [0.25, 0.3) is 10.9 Å². The van der Waals surface area contributed by atoms with E-state index < -0.39 is 0 Å². The van der Waals surface area contributed by atoms with E-state index in [1.807, 2.05) is 55.5 Å². The van der Waals surface area contributed by atoms with Crippen LogP contribution < -0.4 is 10.5 Å². The minimum absolute atomic E-state index is 0.0240. The second-order valence-corrected chi connectivity index (χ2v) is 4.73. The Kier molecular flexibility index (Phi) is 3.35. The average molecular weight is 263 g/mol. The van der Waals surface area contributed by atoms with Crippen molar-refractivity contribution in [1.82, 2.24) is 4.98 Å². The topological polar surface area (TPSA) is 48.1 Å². The second-order valence-electron chi connectivity index (χ2n) is 4.73. The summed E-state index contributed by atoms with van der Waals surface area (Å²) in [6.45, 7) is 1.97. The Morgan fingerprint density at radius 3 is 2.65 bits per heavy atom. The first-order valence-corrected chi connectivity index (χ1v) is 6.52. The molecule has 20 heavy (non-hydrogen) atoms. The Morgan fingerprint density at radius 2 is 1.90 bits per heavy atom. The lowest BCUT2D eigenvalue weighted by molar-refractivity contribution is 0.465. The lowest BCUT2D eigenvalue weighted by Crippen LogP contribution is -2.04. The van der Waals surface area contributed by atoms with Crippen molar-refractivity contribution in [3.05, 3.63) is 66.2 Å². The minimum atomic E-state index is 0.0240. The third kappa shape index (κ3) is 2.63. The number of nitrogens with two attached hydrogens (primary N) is 1. The zero-order valence-corrected chi connectivity index (χ0v) is 11.2. The summed E-state index contributed by atoms with van der Waals surface area (Å²) in [4.78, 5) is 4.50. The van der Waals surface area contributed by atoms with E-state index >= 15 is 0 Å². The third-order valence-electron chi connectivity index (χ3n) is 3.12. The summed E-state index contributed by atoms with van der Waals surface area (Å²) >= 11 is 0. The number of fused-ring (bicyclic) bond motifs is 1. The van der Waals surface area contributed by atoms with Crippen molar-refractivity contribution < 1.29 is 4.74 Å². The van der Waals surface area contributed by atoms with Crippen LogP contribution in [0.3, 0.4) is 0 Å². The van der Waals surface area contributed by atoms with Crippen LogP contribution in [0, 0.1) is 6.07 Å². The quantitative estimate of drug-likeness (QED) is 0.780. The number of ether oxygens (including phenoxy) is 1. The maximum absolute atomic E-state index is 5.89. The van der Waals surface area contributed by atoms with E-state index in [0.717, 1.165) is 22.2 Å². The van der Waals surface area contributed by atoms with Crippen molar-refractivity contribution in [2.45, 2.75) is 13.0 Å². The normalized spacial score (nSPS) is 12.3. The van der Waals surface area contributed by atoms with Gasteiger partial charge in [-0.3, -0.25) is 0 Å². The van der Waals surface area contributed by atoms with Crippen molar-refractivity contribution in [2.24, 2.45) is 5.73 Å². The van der Waals surface area contributed by atoms with Crippen LogP contribution in [0.1, 0.15) is 18.5 Å². The van der Waals surface area contributed by atoms with E-state index in [1.54, 1.807) is 0 Å². The Bertz CT molecular complexity index is 723. The molecule has 0 amide bonds. The van der Waals surface area contributed by atoms with Crippen molar-refractivity contribution in [2.75, 3.05) is 0 Å². The fourth-order valence-corrected chi connectivity index (χ4v) is 2.03. The van der Waals surface area contributed by atoms with E-state index in [1.165, 1.54) is 0 Å². The highest BCUT2D eigenvalue weighted by Crippen LogP contribution is 2.23. The summed E-state index contributed by atoms with van der Waals surface area (Å²) in [5.41, 5.74) is 7.89. The molecule has 3 aromatic rings. The molecule has 0 bridgehead atoms. The summed E-state index contributed by atoms with van der Waals surface area (Å²) in [5.74, 6) is 1.33. The Labute approximate surface area is 118 Å². The number of nitrogens with zero attached hydrogens (tertiary/aromatic N) is 1. The summed E-state index contributed by atoms with van der Waals surface area (Å²) in [6.07, 6.45) is 0. The molecule has 99 valence electrons. The minimum Gasteiger partial charge on any atom is -0.439 e. The van der Waals surface area contributed by atoms with Gasteiger partial charge in [0, 0.05) is 17.5 Å². The summed E-state index contributed by atoms with van der Waals surface area (Å²) < 4.78 is 5.71. The average Bonchev–Trinajstić information content (AvgIpc) is 2.47. The standard InChI is InChI=1S/C17H15N2O/c1-12(18)13-7-9-16-14(11-13)8-10-17(19-16)20-15-5-3-2-4-6-15/h3-12H,18H2,1H3. The highest BCUT2D eigenvalue weighted by Gasteiger charge is 2.04. The van der Waals surface area contributed by atoms with Crippen molar-refractivity contribution in [3.63, 3.8) is 0 Å². The number of rotatable bonds is 3. The van der Waals surface area contributed by atoms with Gasteiger partial charge in [-0.2, -0.15) is 0 Å². The predicted molar refractivity (Wildman–Crippen MR) is 79.7 cm³/mol. The Balaban J connectivity index is 1.93. The van der Waals surface area contributed by atoms with Gasteiger partial charge in [0.15, 0.2) is 0 Å². The molecular weight excluding hydrogens is 248 g/mol. The van der Waals surface area contributed by atoms with Crippen LogP contribution >= 0.6 is 0 Å². The van der Waals surface area contributed by atoms with Gasteiger partial charge in [0.1, 0.15) is 5.75 Å². The molecule has 0 spiro atoms. The zero-order chi connectivity index (χ0) is 13.9. The highest BCUT2D eigenvalue weighted by atomic mass is 16.5. The molecular formula is C17H15N2O. The van der Waals surface area contributed by atoms with E-state index in [-0.39, 0.29) is 6.04 Å². The first-order chi connectivity index (χ1) is 9.72. The van der Waals surface area contributed by atoms with Crippen LogP contribution in [0.4, 0.5) is 0 Å². The predicted octanol–water partition coefficient (Wildman–Crippen LogP) is 3.85. The Morgan fingerprint density at radius 1 is 1.10 bits per heavy atom. The van der Waals surface area contributed by atoms with Gasteiger partial charge in [-0.05, 0) is 48.9 Å². The van der Waals surface area contributed by atoms with Crippen LogP contribution in [-0.4, -0.2) is 4.98 Å². The molecule has 0 aliphatic heterocycles. The lowest BCUT2D eigenvalue weighted by Gasteiger charge is -2.08. The number of hydrogen-bond donors (Lipinski definition) is 1. The van der Waals surface area contributed by atoms with Crippen molar-refractivity contribution in [3.8, 4) is 11.6 Å². The fraction of sp³-hybridized carbons (Fsp3) is 0.118. The molecule has 0 saturated carbocycles. The van der Waals surface area contributed by atoms with E-state index in [9.17, 15) is 0 Å². The molecule has 0 aliphatic rings. The van der Waals surface area contributed by atoms with Gasteiger partial charge in [-0.1, -0.05) is 18.2 Å². The first kappa shape index (κ1) is 12.6. The van der Waals surface area contributed by atoms with E-state index in [4.69, 9.17) is 10.5 Å². The third-order valence-corrected chi connectivity index (χ3v) is 3.12. The second kappa shape index (κ2) is 5.31. The van der Waals surface area contributed by atoms with Crippen LogP contribution in [0.2, 0.25) is 0 Å². The van der Waals surface area contributed by atoms with Gasteiger partial charge in [0.05, 0.1) is 5.52 Å². The fourth-order valence-electron chi connectivity index (χ4n) is 2.03. The number of aromatic nitrogens is 1. The summed E-state index contributed by atoms with van der Waals surface area (Å²) in [6, 6.07) is 20.2. The molecule has 0 fully saturated rings. The SMILES string of the molecule is CC(N)c1ccc2nc(Oc3cc[c]cc3)ccc2c1. The molecule has 1 aromatic heterocycles. The molecule has 2 N–H and O–H groups in total. The monoisotopic (exact) mass is 263 g/mol. The first-order valence-electron chi connectivity index (χ1n) is 6.52. The van der Waals surface area contributed by atoms with Gasteiger partial charge in [-0.25, -0.2) is 4.98 Å². The van der Waals surface area contributed by atoms with Crippen molar-refractivity contribution in [1.29, 1.82) is 0 Å². The molecule has 0 saturated heterocycles. The Hall–Kier alpha value is -2.39. The van der Waals surface area contributed by atoms with Crippen molar-refractivity contribution >= 4 is 10.9 Å². The molecule has 1 atom stereocenters. The highest BCUT2D eigenvalue weighted by molar-refractivity contribution is 5.80. The number of benzene rings is 2. The van der Waals surface area contributed by atoms with Crippen LogP contribution in [0.5, 0.6) is 11.6 Å². The molecule has 1 heterocycles. The van der Waals surface area contributed by atoms with Gasteiger partial charge in [0.25, 0.3) is 0 Å². The molecule has 1 radical (unpaired) electrons. The number of pyridine rings is 1. The van der Waals surface area contributed by atoms with Gasteiger partial charge in [0.2, 0.25) is 5.88 Å². The molecule has 3 rings (SSSR count). The van der Waals surface area contributed by atoms with Gasteiger partial charge in [-0.15, -0.1) is 0 Å². The maximum atomic E-state index is 5.89. The van der Waals surface area contributed by atoms with Crippen LogP contribution in [0.15, 0.2) is 54.6 Å². The molecule has 0 aliphatic carbocycles. The van der Waals surface area contributed by atoms with E-state index in [0.29, 0.717) is 5.88 Å².